The summed E-state index contributed by atoms with van der Waals surface area (Å²) in [4.78, 5) is 42.0. The van der Waals surface area contributed by atoms with Crippen molar-refractivity contribution in [2.24, 2.45) is 0 Å². The number of anilines is 2. The van der Waals surface area contributed by atoms with Crippen molar-refractivity contribution < 1.29 is 23.2 Å². The van der Waals surface area contributed by atoms with E-state index in [0.29, 0.717) is 0 Å². The lowest BCUT2D eigenvalue weighted by atomic mass is 9.95. The maximum absolute atomic E-state index is 14.1. The Morgan fingerprint density at radius 1 is 0.974 bits per heavy atom. The lowest BCUT2D eigenvalue weighted by Gasteiger charge is -2.30. The molecule has 0 saturated heterocycles. The molecular weight excluding hydrogens is 521 g/mol. The number of carbonyl (C=O) groups is 3. The molecule has 3 aromatic rings. The van der Waals surface area contributed by atoms with Gasteiger partial charge >= 0.3 is 0 Å². The predicted octanol–water partition coefficient (Wildman–Crippen LogP) is 4.97. The summed E-state index contributed by atoms with van der Waals surface area (Å²) in [5, 5.41) is 6.02. The third kappa shape index (κ3) is 5.98. The van der Waals surface area contributed by atoms with Crippen LogP contribution in [0.25, 0.3) is 0 Å². The molecule has 0 unspecified atom stereocenters. The van der Waals surface area contributed by atoms with Crippen molar-refractivity contribution >= 4 is 40.6 Å². The minimum Gasteiger partial charge on any atom is -0.467 e. The number of rotatable bonds is 8. The highest BCUT2D eigenvalue weighted by Crippen LogP contribution is 2.34. The normalized spacial score (nSPS) is 17.1. The van der Waals surface area contributed by atoms with E-state index in [0.717, 1.165) is 69.3 Å². The molecule has 2 aliphatic carbocycles. The Bertz CT molecular complexity index is 1300. The molecule has 3 amide bonds. The zero-order valence-corrected chi connectivity index (χ0v) is 22.3. The number of nitrogens with two attached hydrogens (primary N) is 1. The fraction of sp³-hybridized carbons (Fsp3) is 0.429. The lowest BCUT2D eigenvalue weighted by molar-refractivity contribution is -0.123. The molecule has 206 valence electrons. The Morgan fingerprint density at radius 2 is 1.62 bits per heavy atom. The van der Waals surface area contributed by atoms with Crippen LogP contribution in [0.15, 0.2) is 47.1 Å². The maximum Gasteiger partial charge on any atom is 0.273 e. The van der Waals surface area contributed by atoms with Crippen LogP contribution in [0.1, 0.15) is 89.7 Å². The largest absolute Gasteiger partial charge is 0.467 e. The number of nitrogen functional groups attached to an aromatic ring is 1. The minimum atomic E-state index is -1.19. The van der Waals surface area contributed by atoms with Gasteiger partial charge in [-0.05, 0) is 73.6 Å². The Balaban J connectivity index is 1.49. The molecule has 0 radical (unpaired) electrons. The molecule has 39 heavy (non-hydrogen) atoms. The van der Waals surface area contributed by atoms with Gasteiger partial charge in [0.1, 0.15) is 16.5 Å². The summed E-state index contributed by atoms with van der Waals surface area (Å²) in [5.41, 5.74) is 6.53. The zero-order chi connectivity index (χ0) is 27.4. The molecule has 0 spiro atoms. The van der Waals surface area contributed by atoms with Crippen molar-refractivity contribution in [2.45, 2.75) is 75.9 Å². The first-order valence-electron chi connectivity index (χ1n) is 13.4. The van der Waals surface area contributed by atoms with Crippen molar-refractivity contribution in [2.75, 3.05) is 10.6 Å². The Kier molecular flexibility index (Phi) is 8.25. The maximum atomic E-state index is 14.1. The average Bonchev–Trinajstić information content (AvgIpc) is 3.71. The molecular formula is C28H32FN5O4S. The van der Waals surface area contributed by atoms with Crippen molar-refractivity contribution in [3.63, 3.8) is 0 Å². The molecule has 2 aliphatic rings. The summed E-state index contributed by atoms with van der Waals surface area (Å²) in [6.45, 7) is 0. The Morgan fingerprint density at radius 3 is 2.26 bits per heavy atom. The van der Waals surface area contributed by atoms with E-state index in [-0.39, 0.29) is 39.8 Å². The SMILES string of the molecule is Nc1c(C(=O)NC2CCCCC2)nsc1C(=O)N(c1ccc(F)cc1)[C@H](C(=O)NC1CCCC1)c1ccco1. The molecule has 4 N–H and O–H groups in total. The third-order valence-corrected chi connectivity index (χ3v) is 8.27. The standard InChI is InChI=1S/C28H32FN5O4S/c29-17-12-14-20(15-13-17)34(24(21-11-6-16-38-21)27(36)32-19-9-4-5-10-19)28(37)25-22(30)23(33-39-25)26(35)31-18-7-2-1-3-8-18/h6,11-16,18-19,24H,1-5,7-10,30H2,(H,31,35)(H,32,36)/t24-/m0/s1. The fourth-order valence-corrected chi connectivity index (χ4v) is 6.12. The van der Waals surface area contributed by atoms with Gasteiger partial charge in [-0.25, -0.2) is 4.39 Å². The number of aromatic nitrogens is 1. The molecule has 11 heteroatoms. The van der Waals surface area contributed by atoms with Crippen LogP contribution < -0.4 is 21.3 Å². The average molecular weight is 554 g/mol. The molecule has 2 fully saturated rings. The zero-order valence-electron chi connectivity index (χ0n) is 21.5. The molecule has 1 atom stereocenters. The smallest absolute Gasteiger partial charge is 0.273 e. The van der Waals surface area contributed by atoms with E-state index < -0.39 is 29.6 Å². The van der Waals surface area contributed by atoms with Crippen LogP contribution in [0.4, 0.5) is 15.8 Å². The molecule has 2 aromatic heterocycles. The number of carbonyl (C=O) groups excluding carboxylic acids is 3. The second-order valence-electron chi connectivity index (χ2n) is 10.1. The number of benzene rings is 1. The Hall–Kier alpha value is -3.73. The van der Waals surface area contributed by atoms with Crippen LogP contribution in [0, 0.1) is 5.82 Å². The van der Waals surface area contributed by atoms with E-state index in [9.17, 15) is 18.8 Å². The summed E-state index contributed by atoms with van der Waals surface area (Å²) in [6.07, 6.45) is 10.2. The van der Waals surface area contributed by atoms with E-state index in [2.05, 4.69) is 15.0 Å². The van der Waals surface area contributed by atoms with Crippen LogP contribution in [0.2, 0.25) is 0 Å². The van der Waals surface area contributed by atoms with E-state index in [1.807, 2.05) is 0 Å². The minimum absolute atomic E-state index is 0.0105. The highest BCUT2D eigenvalue weighted by atomic mass is 32.1. The van der Waals surface area contributed by atoms with Gasteiger partial charge in [-0.1, -0.05) is 32.1 Å². The second-order valence-corrected chi connectivity index (χ2v) is 10.9. The number of hydrogen-bond donors (Lipinski definition) is 3. The van der Waals surface area contributed by atoms with Gasteiger partial charge in [0.2, 0.25) is 0 Å². The molecule has 2 heterocycles. The van der Waals surface area contributed by atoms with Crippen molar-refractivity contribution in [1.29, 1.82) is 0 Å². The van der Waals surface area contributed by atoms with E-state index in [4.69, 9.17) is 10.2 Å². The van der Waals surface area contributed by atoms with Crippen LogP contribution in [-0.2, 0) is 4.79 Å². The number of furan rings is 1. The highest BCUT2D eigenvalue weighted by molar-refractivity contribution is 7.09. The molecule has 1 aromatic carbocycles. The van der Waals surface area contributed by atoms with E-state index in [1.54, 1.807) is 12.1 Å². The monoisotopic (exact) mass is 553 g/mol. The number of nitrogens with one attached hydrogen (secondary N) is 2. The van der Waals surface area contributed by atoms with Crippen molar-refractivity contribution in [1.82, 2.24) is 15.0 Å². The van der Waals surface area contributed by atoms with Gasteiger partial charge < -0.3 is 20.8 Å². The topological polar surface area (TPSA) is 131 Å². The van der Waals surface area contributed by atoms with Crippen LogP contribution in [0.3, 0.4) is 0 Å². The number of hydrogen-bond acceptors (Lipinski definition) is 7. The van der Waals surface area contributed by atoms with Gasteiger partial charge in [-0.3, -0.25) is 19.3 Å². The summed E-state index contributed by atoms with van der Waals surface area (Å²) in [7, 11) is 0. The summed E-state index contributed by atoms with van der Waals surface area (Å²) in [6, 6.07) is 7.34. The van der Waals surface area contributed by atoms with Crippen LogP contribution >= 0.6 is 11.5 Å². The van der Waals surface area contributed by atoms with Gasteiger partial charge in [-0.15, -0.1) is 0 Å². The summed E-state index contributed by atoms with van der Waals surface area (Å²) < 4.78 is 23.7. The number of nitrogens with zero attached hydrogens (tertiary/aromatic N) is 2. The Labute approximate surface area is 230 Å². The number of halogens is 1. The van der Waals surface area contributed by atoms with E-state index in [1.165, 1.54) is 35.4 Å². The first-order valence-corrected chi connectivity index (χ1v) is 14.2. The van der Waals surface area contributed by atoms with Gasteiger partial charge in [0, 0.05) is 17.8 Å². The molecule has 0 bridgehead atoms. The molecule has 2 saturated carbocycles. The quantitative estimate of drug-likeness (QED) is 0.361. The third-order valence-electron chi connectivity index (χ3n) is 7.42. The molecule has 0 aliphatic heterocycles. The number of amides is 3. The first kappa shape index (κ1) is 26.9. The fourth-order valence-electron chi connectivity index (χ4n) is 5.38. The van der Waals surface area contributed by atoms with Gasteiger partial charge in [0.05, 0.1) is 12.0 Å². The molecule has 5 rings (SSSR count). The van der Waals surface area contributed by atoms with Crippen molar-refractivity contribution in [3.8, 4) is 0 Å². The van der Waals surface area contributed by atoms with Gasteiger partial charge in [0.25, 0.3) is 17.7 Å². The molecule has 9 nitrogen and oxygen atoms in total. The van der Waals surface area contributed by atoms with Crippen molar-refractivity contribution in [3.05, 3.63) is 64.8 Å². The van der Waals surface area contributed by atoms with Gasteiger partial charge in [-0.2, -0.15) is 4.37 Å². The second kappa shape index (κ2) is 12.0. The first-order chi connectivity index (χ1) is 18.9. The van der Waals surface area contributed by atoms with Crippen LogP contribution in [0.5, 0.6) is 0 Å². The predicted molar refractivity (Wildman–Crippen MR) is 146 cm³/mol. The summed E-state index contributed by atoms with van der Waals surface area (Å²) in [5.74, 6) is -1.75. The highest BCUT2D eigenvalue weighted by Gasteiger charge is 2.38. The lowest BCUT2D eigenvalue weighted by Crippen LogP contribution is -2.46. The summed E-state index contributed by atoms with van der Waals surface area (Å²) >= 11 is 0.797. The van der Waals surface area contributed by atoms with E-state index >= 15 is 0 Å². The van der Waals surface area contributed by atoms with Crippen LogP contribution in [-0.4, -0.2) is 34.2 Å². The van der Waals surface area contributed by atoms with Gasteiger partial charge in [0.15, 0.2) is 11.7 Å².